The van der Waals surface area contributed by atoms with Crippen molar-refractivity contribution in [2.45, 2.75) is 19.4 Å². The molecule has 90 valence electrons. The lowest BCUT2D eigenvalue weighted by Crippen LogP contribution is -2.28. The molecule has 0 spiro atoms. The minimum absolute atomic E-state index is 0.226. The molecular weight excluding hydrogens is 234 g/mol. The van der Waals surface area contributed by atoms with Crippen LogP contribution in [0.5, 0.6) is 5.75 Å². The summed E-state index contributed by atoms with van der Waals surface area (Å²) in [5, 5.41) is 6.36. The van der Waals surface area contributed by atoms with Gasteiger partial charge in [-0.25, -0.2) is 9.97 Å². The summed E-state index contributed by atoms with van der Waals surface area (Å²) >= 11 is 1.63. The third-order valence-corrected chi connectivity index (χ3v) is 3.48. The van der Waals surface area contributed by atoms with E-state index in [1.165, 1.54) is 0 Å². The van der Waals surface area contributed by atoms with Gasteiger partial charge in [-0.1, -0.05) is 0 Å². The van der Waals surface area contributed by atoms with Crippen LogP contribution in [-0.4, -0.2) is 17.1 Å². The van der Waals surface area contributed by atoms with E-state index in [0.29, 0.717) is 0 Å². The van der Waals surface area contributed by atoms with Crippen molar-refractivity contribution in [3.8, 4) is 5.75 Å². The molecule has 0 saturated heterocycles. The molecule has 0 aliphatic rings. The summed E-state index contributed by atoms with van der Waals surface area (Å²) in [6.45, 7) is 4.16. The molecule has 0 aromatic carbocycles. The molecule has 2 aromatic rings. The summed E-state index contributed by atoms with van der Waals surface area (Å²) in [5.74, 6) is 1.56. The maximum atomic E-state index is 5.07. The lowest BCUT2D eigenvalue weighted by Gasteiger charge is -2.24. The van der Waals surface area contributed by atoms with Crippen molar-refractivity contribution >= 4 is 17.2 Å². The highest BCUT2D eigenvalue weighted by Crippen LogP contribution is 2.26. The van der Waals surface area contributed by atoms with Gasteiger partial charge in [0.25, 0.3) is 0 Å². The number of hydrogen-bond donors (Lipinski definition) is 1. The topological polar surface area (TPSA) is 47.0 Å². The zero-order chi connectivity index (χ0) is 12.3. The van der Waals surface area contributed by atoms with E-state index in [4.69, 9.17) is 4.74 Å². The second kappa shape index (κ2) is 4.71. The van der Waals surface area contributed by atoms with Crippen LogP contribution in [0.15, 0.2) is 29.9 Å². The van der Waals surface area contributed by atoms with E-state index in [0.717, 1.165) is 16.6 Å². The van der Waals surface area contributed by atoms with Gasteiger partial charge in [0.05, 0.1) is 18.8 Å². The first-order valence-electron chi connectivity index (χ1n) is 5.30. The van der Waals surface area contributed by atoms with E-state index in [1.54, 1.807) is 24.6 Å². The molecule has 0 saturated carbocycles. The van der Waals surface area contributed by atoms with Crippen molar-refractivity contribution in [1.29, 1.82) is 0 Å². The summed E-state index contributed by atoms with van der Waals surface area (Å²) in [7, 11) is 1.63. The lowest BCUT2D eigenvalue weighted by molar-refractivity contribution is 0.413. The van der Waals surface area contributed by atoms with Crippen LogP contribution in [0.25, 0.3) is 0 Å². The van der Waals surface area contributed by atoms with E-state index in [9.17, 15) is 0 Å². The fourth-order valence-electron chi connectivity index (χ4n) is 1.48. The third-order valence-electron chi connectivity index (χ3n) is 2.38. The van der Waals surface area contributed by atoms with Gasteiger partial charge in [-0.2, -0.15) is 0 Å². The standard InChI is InChI=1S/C12H15N3OS/c1-12(2,11-13-6-7-17-11)15-10-5-4-9(16-3)8-14-10/h4-8H,1-3H3,(H,14,15). The maximum absolute atomic E-state index is 5.07. The molecule has 2 rings (SSSR count). The van der Waals surface area contributed by atoms with E-state index >= 15 is 0 Å². The smallest absolute Gasteiger partial charge is 0.137 e. The number of nitrogens with zero attached hydrogens (tertiary/aromatic N) is 2. The Balaban J connectivity index is 2.14. The Morgan fingerprint density at radius 3 is 2.65 bits per heavy atom. The fourth-order valence-corrected chi connectivity index (χ4v) is 2.20. The maximum Gasteiger partial charge on any atom is 0.137 e. The first kappa shape index (κ1) is 11.9. The molecule has 0 aliphatic heterocycles. The average molecular weight is 249 g/mol. The lowest BCUT2D eigenvalue weighted by atomic mass is 10.1. The highest BCUT2D eigenvalue weighted by molar-refractivity contribution is 7.09. The van der Waals surface area contributed by atoms with Gasteiger partial charge in [-0.15, -0.1) is 11.3 Å². The van der Waals surface area contributed by atoms with Crippen LogP contribution in [0.4, 0.5) is 5.82 Å². The highest BCUT2D eigenvalue weighted by atomic mass is 32.1. The second-order valence-corrected chi connectivity index (χ2v) is 5.07. The zero-order valence-corrected chi connectivity index (χ0v) is 10.9. The highest BCUT2D eigenvalue weighted by Gasteiger charge is 2.23. The van der Waals surface area contributed by atoms with Gasteiger partial charge < -0.3 is 10.1 Å². The van der Waals surface area contributed by atoms with Crippen molar-refractivity contribution in [2.24, 2.45) is 0 Å². The third kappa shape index (κ3) is 2.74. The van der Waals surface area contributed by atoms with E-state index in [2.05, 4.69) is 29.1 Å². The molecule has 1 N–H and O–H groups in total. The molecule has 0 unspecified atom stereocenters. The van der Waals surface area contributed by atoms with E-state index < -0.39 is 0 Å². The summed E-state index contributed by atoms with van der Waals surface area (Å²) in [6.07, 6.45) is 3.51. The number of hydrogen-bond acceptors (Lipinski definition) is 5. The number of aromatic nitrogens is 2. The van der Waals surface area contributed by atoms with Crippen molar-refractivity contribution in [2.75, 3.05) is 12.4 Å². The number of nitrogens with one attached hydrogen (secondary N) is 1. The van der Waals surface area contributed by atoms with Gasteiger partial charge in [0, 0.05) is 11.6 Å². The molecule has 0 bridgehead atoms. The van der Waals surface area contributed by atoms with E-state index in [-0.39, 0.29) is 5.54 Å². The monoisotopic (exact) mass is 249 g/mol. The van der Waals surface area contributed by atoms with Gasteiger partial charge in [0.15, 0.2) is 0 Å². The van der Waals surface area contributed by atoms with Crippen LogP contribution in [-0.2, 0) is 5.54 Å². The summed E-state index contributed by atoms with van der Waals surface area (Å²) in [6, 6.07) is 3.78. The van der Waals surface area contributed by atoms with Crippen LogP contribution in [0, 0.1) is 0 Å². The Hall–Kier alpha value is -1.62. The quantitative estimate of drug-likeness (QED) is 0.905. The van der Waals surface area contributed by atoms with Gasteiger partial charge in [-0.05, 0) is 26.0 Å². The largest absolute Gasteiger partial charge is 0.495 e. The molecule has 17 heavy (non-hydrogen) atoms. The SMILES string of the molecule is COc1ccc(NC(C)(C)c2nccs2)nc1. The first-order valence-corrected chi connectivity index (χ1v) is 6.18. The van der Waals surface area contributed by atoms with Crippen LogP contribution in [0.2, 0.25) is 0 Å². The van der Waals surface area contributed by atoms with Crippen molar-refractivity contribution < 1.29 is 4.74 Å². The van der Waals surface area contributed by atoms with Crippen molar-refractivity contribution in [1.82, 2.24) is 9.97 Å². The fraction of sp³-hybridized carbons (Fsp3) is 0.333. The number of rotatable bonds is 4. The molecule has 0 radical (unpaired) electrons. The zero-order valence-electron chi connectivity index (χ0n) is 10.1. The van der Waals surface area contributed by atoms with Crippen LogP contribution in [0.1, 0.15) is 18.9 Å². The van der Waals surface area contributed by atoms with Crippen LogP contribution >= 0.6 is 11.3 Å². The molecule has 2 aromatic heterocycles. The van der Waals surface area contributed by atoms with Gasteiger partial charge in [-0.3, -0.25) is 0 Å². The molecular formula is C12H15N3OS. The molecule has 0 aliphatic carbocycles. The second-order valence-electron chi connectivity index (χ2n) is 4.17. The Kier molecular flexibility index (Phi) is 3.28. The summed E-state index contributed by atoms with van der Waals surface area (Å²) < 4.78 is 5.07. The van der Waals surface area contributed by atoms with Gasteiger partial charge in [0.2, 0.25) is 0 Å². The Bertz CT molecular complexity index is 465. The molecule has 0 amide bonds. The predicted molar refractivity (Wildman–Crippen MR) is 69.6 cm³/mol. The number of pyridine rings is 1. The normalized spacial score (nSPS) is 11.2. The first-order chi connectivity index (χ1) is 8.12. The molecule has 2 heterocycles. The number of ether oxygens (including phenoxy) is 1. The van der Waals surface area contributed by atoms with Crippen LogP contribution < -0.4 is 10.1 Å². The summed E-state index contributed by atoms with van der Waals surface area (Å²) in [5.41, 5.74) is -0.226. The van der Waals surface area contributed by atoms with Crippen molar-refractivity contribution in [3.63, 3.8) is 0 Å². The molecule has 0 fully saturated rings. The minimum Gasteiger partial charge on any atom is -0.495 e. The van der Waals surface area contributed by atoms with Crippen LogP contribution in [0.3, 0.4) is 0 Å². The Morgan fingerprint density at radius 2 is 2.12 bits per heavy atom. The Labute approximate surface area is 105 Å². The summed E-state index contributed by atoms with van der Waals surface area (Å²) in [4.78, 5) is 8.61. The predicted octanol–water partition coefficient (Wildman–Crippen LogP) is 2.89. The number of anilines is 1. The number of methoxy groups -OCH3 is 1. The number of thiazole rings is 1. The minimum atomic E-state index is -0.226. The average Bonchev–Trinajstić information content (AvgIpc) is 2.84. The molecule has 4 nitrogen and oxygen atoms in total. The Morgan fingerprint density at radius 1 is 1.29 bits per heavy atom. The molecule has 5 heteroatoms. The molecule has 0 atom stereocenters. The van der Waals surface area contributed by atoms with E-state index in [1.807, 2.05) is 23.7 Å². The van der Waals surface area contributed by atoms with Gasteiger partial charge >= 0.3 is 0 Å². The van der Waals surface area contributed by atoms with Crippen molar-refractivity contribution in [3.05, 3.63) is 34.9 Å². The van der Waals surface area contributed by atoms with Gasteiger partial charge in [0.1, 0.15) is 16.6 Å².